The maximum absolute atomic E-state index is 13.3. The van der Waals surface area contributed by atoms with Crippen LogP contribution in [-0.4, -0.2) is 47.0 Å². The van der Waals surface area contributed by atoms with Gasteiger partial charge in [-0.15, -0.1) is 0 Å². The van der Waals surface area contributed by atoms with Gasteiger partial charge in [0, 0.05) is 35.6 Å². The number of aryl methyl sites for hydroxylation is 1. The Balaban J connectivity index is 1.65. The molecule has 2 aliphatic heterocycles. The van der Waals surface area contributed by atoms with Crippen molar-refractivity contribution < 1.29 is 31.4 Å². The van der Waals surface area contributed by atoms with Crippen molar-refractivity contribution in [2.75, 3.05) is 24.6 Å². The molecule has 9 heteroatoms. The predicted molar refractivity (Wildman–Crippen MR) is 126 cm³/mol. The molecule has 0 saturated carbocycles. The van der Waals surface area contributed by atoms with Crippen LogP contribution in [0, 0.1) is 12.3 Å². The van der Waals surface area contributed by atoms with E-state index in [2.05, 4.69) is 11.0 Å². The summed E-state index contributed by atoms with van der Waals surface area (Å²) in [6, 6.07) is 8.73. The standard InChI is InChI=1S/C26H29F6NOS/c1-16(2)22-11-18(12-33-9-8-23(13-33)14-35-15-23)4-6-21(22)20-7-5-19(10-17(20)3)24(34,25(27,28)29)26(30,31)32/h4-7,10-11,16,34H,8-9,12-15H2,1-3H3. The van der Waals surface area contributed by atoms with Crippen molar-refractivity contribution in [1.29, 1.82) is 0 Å². The van der Waals surface area contributed by atoms with E-state index in [9.17, 15) is 31.4 Å². The number of aliphatic hydroxyl groups is 1. The van der Waals surface area contributed by atoms with Gasteiger partial charge in [-0.1, -0.05) is 50.2 Å². The van der Waals surface area contributed by atoms with Crippen LogP contribution in [0.3, 0.4) is 0 Å². The fourth-order valence-electron chi connectivity index (χ4n) is 5.16. The third kappa shape index (κ3) is 4.71. The van der Waals surface area contributed by atoms with Gasteiger partial charge in [-0.3, -0.25) is 4.90 Å². The lowest BCUT2D eigenvalue weighted by Crippen LogP contribution is -2.53. The molecule has 2 aliphatic rings. The van der Waals surface area contributed by atoms with Crippen LogP contribution in [0.4, 0.5) is 26.3 Å². The van der Waals surface area contributed by atoms with Crippen LogP contribution < -0.4 is 0 Å². The van der Waals surface area contributed by atoms with Gasteiger partial charge in [-0.2, -0.15) is 38.1 Å². The molecule has 0 bridgehead atoms. The maximum atomic E-state index is 13.3. The first-order chi connectivity index (χ1) is 16.2. The Labute approximate surface area is 205 Å². The smallest absolute Gasteiger partial charge is 0.369 e. The molecule has 2 aromatic carbocycles. The van der Waals surface area contributed by atoms with E-state index in [4.69, 9.17) is 0 Å². The zero-order valence-corrected chi connectivity index (χ0v) is 20.7. The van der Waals surface area contributed by atoms with Gasteiger partial charge in [0.2, 0.25) is 0 Å². The number of thioether (sulfide) groups is 1. The molecule has 35 heavy (non-hydrogen) atoms. The lowest BCUT2D eigenvalue weighted by atomic mass is 9.85. The van der Waals surface area contributed by atoms with E-state index in [0.717, 1.165) is 48.5 Å². The summed E-state index contributed by atoms with van der Waals surface area (Å²) in [5.74, 6) is 2.53. The van der Waals surface area contributed by atoms with E-state index < -0.39 is 23.5 Å². The Hall–Kier alpha value is -1.71. The minimum atomic E-state index is -5.91. The van der Waals surface area contributed by atoms with Crippen LogP contribution in [0.5, 0.6) is 0 Å². The first kappa shape index (κ1) is 26.4. The van der Waals surface area contributed by atoms with E-state index in [1.807, 2.05) is 37.7 Å². The molecule has 192 valence electrons. The molecule has 2 heterocycles. The van der Waals surface area contributed by atoms with Crippen molar-refractivity contribution in [3.63, 3.8) is 0 Å². The molecular formula is C26H29F6NOS. The van der Waals surface area contributed by atoms with Crippen molar-refractivity contribution in [2.24, 2.45) is 5.41 Å². The molecule has 2 aromatic rings. The van der Waals surface area contributed by atoms with Crippen molar-refractivity contribution in [2.45, 2.75) is 57.6 Å². The third-order valence-corrected chi connectivity index (χ3v) is 8.87. The Morgan fingerprint density at radius 2 is 1.60 bits per heavy atom. The van der Waals surface area contributed by atoms with Gasteiger partial charge in [0.25, 0.3) is 5.60 Å². The first-order valence-electron chi connectivity index (χ1n) is 11.6. The highest BCUT2D eigenvalue weighted by molar-refractivity contribution is 8.00. The summed E-state index contributed by atoms with van der Waals surface area (Å²) in [6.45, 7) is 8.43. The molecule has 0 atom stereocenters. The van der Waals surface area contributed by atoms with Crippen molar-refractivity contribution in [3.8, 4) is 11.1 Å². The van der Waals surface area contributed by atoms with Crippen LogP contribution in [0.25, 0.3) is 11.1 Å². The first-order valence-corrected chi connectivity index (χ1v) is 12.7. The second-order valence-electron chi connectivity index (χ2n) is 10.3. The van der Waals surface area contributed by atoms with Crippen molar-refractivity contribution in [3.05, 3.63) is 58.7 Å². The zero-order valence-electron chi connectivity index (χ0n) is 19.9. The average Bonchev–Trinajstić information content (AvgIpc) is 3.16. The van der Waals surface area contributed by atoms with Gasteiger partial charge >= 0.3 is 12.4 Å². The minimum absolute atomic E-state index is 0.0965. The predicted octanol–water partition coefficient (Wildman–Crippen LogP) is 7.04. The number of hydrogen-bond acceptors (Lipinski definition) is 3. The molecule has 2 fully saturated rings. The van der Waals surface area contributed by atoms with Gasteiger partial charge in [0.15, 0.2) is 0 Å². The molecule has 0 unspecified atom stereocenters. The van der Waals surface area contributed by atoms with E-state index >= 15 is 0 Å². The van der Waals surface area contributed by atoms with E-state index in [-0.39, 0.29) is 11.5 Å². The Morgan fingerprint density at radius 3 is 2.09 bits per heavy atom. The molecule has 4 rings (SSSR count). The summed E-state index contributed by atoms with van der Waals surface area (Å²) in [7, 11) is 0. The molecule has 0 amide bonds. The fraction of sp³-hybridized carbons (Fsp3) is 0.538. The number of nitrogens with zero attached hydrogens (tertiary/aromatic N) is 1. The number of benzene rings is 2. The summed E-state index contributed by atoms with van der Waals surface area (Å²) in [5.41, 5.74) is -2.05. The molecule has 2 nitrogen and oxygen atoms in total. The van der Waals surface area contributed by atoms with Crippen LogP contribution >= 0.6 is 11.8 Å². The monoisotopic (exact) mass is 517 g/mol. The molecule has 0 aromatic heterocycles. The SMILES string of the molecule is Cc1cc(C(O)(C(F)(F)F)C(F)(F)F)ccc1-c1ccc(CN2CCC3(CSC3)C2)cc1C(C)C. The summed E-state index contributed by atoms with van der Waals surface area (Å²) in [5, 5.41) is 9.76. The molecule has 2 saturated heterocycles. The Bertz CT molecular complexity index is 1080. The lowest BCUT2D eigenvalue weighted by molar-refractivity contribution is -0.376. The maximum Gasteiger partial charge on any atom is 0.430 e. The minimum Gasteiger partial charge on any atom is -0.369 e. The number of hydrogen-bond donors (Lipinski definition) is 1. The highest BCUT2D eigenvalue weighted by Gasteiger charge is 2.71. The molecule has 0 radical (unpaired) electrons. The lowest BCUT2D eigenvalue weighted by Gasteiger charge is -2.37. The van der Waals surface area contributed by atoms with Gasteiger partial charge in [0.1, 0.15) is 0 Å². The highest BCUT2D eigenvalue weighted by Crippen LogP contribution is 2.51. The number of halogens is 6. The Morgan fingerprint density at radius 1 is 0.971 bits per heavy atom. The van der Waals surface area contributed by atoms with Crippen LogP contribution in [-0.2, 0) is 12.1 Å². The van der Waals surface area contributed by atoms with Crippen LogP contribution in [0.15, 0.2) is 36.4 Å². The van der Waals surface area contributed by atoms with Crippen LogP contribution in [0.2, 0.25) is 0 Å². The van der Waals surface area contributed by atoms with Gasteiger partial charge < -0.3 is 5.11 Å². The van der Waals surface area contributed by atoms with Crippen molar-refractivity contribution in [1.82, 2.24) is 4.90 Å². The summed E-state index contributed by atoms with van der Waals surface area (Å²) in [6.07, 6.45) is -10.6. The average molecular weight is 518 g/mol. The topological polar surface area (TPSA) is 23.5 Å². The van der Waals surface area contributed by atoms with Crippen LogP contribution in [0.1, 0.15) is 48.4 Å². The van der Waals surface area contributed by atoms with Gasteiger partial charge in [-0.25, -0.2) is 0 Å². The van der Waals surface area contributed by atoms with E-state index in [1.165, 1.54) is 30.9 Å². The van der Waals surface area contributed by atoms with Gasteiger partial charge in [-0.05, 0) is 53.6 Å². The molecule has 0 aliphatic carbocycles. The molecular weight excluding hydrogens is 488 g/mol. The van der Waals surface area contributed by atoms with Gasteiger partial charge in [0.05, 0.1) is 0 Å². The summed E-state index contributed by atoms with van der Waals surface area (Å²) in [4.78, 5) is 2.45. The molecule has 1 spiro atoms. The number of likely N-dealkylation sites (tertiary alicyclic amines) is 1. The highest BCUT2D eigenvalue weighted by atomic mass is 32.2. The second-order valence-corrected chi connectivity index (χ2v) is 11.3. The summed E-state index contributed by atoms with van der Waals surface area (Å²) < 4.78 is 79.9. The van der Waals surface area contributed by atoms with E-state index in [1.54, 1.807) is 0 Å². The number of alkyl halides is 6. The largest absolute Gasteiger partial charge is 0.430 e. The zero-order chi connectivity index (χ0) is 25.8. The fourth-order valence-corrected chi connectivity index (χ4v) is 6.41. The van der Waals surface area contributed by atoms with Crippen molar-refractivity contribution >= 4 is 11.8 Å². The molecule has 1 N–H and O–H groups in total. The summed E-state index contributed by atoms with van der Waals surface area (Å²) >= 11 is 1.99. The second kappa shape index (κ2) is 8.99. The third-order valence-electron chi connectivity index (χ3n) is 7.23. The van der Waals surface area contributed by atoms with E-state index in [0.29, 0.717) is 11.0 Å². The number of rotatable bonds is 5. The normalized spacial score (nSPS) is 18.9. The quantitative estimate of drug-likeness (QED) is 0.431. The Kier molecular flexibility index (Phi) is 6.77.